The number of rotatable bonds is 3. The second-order valence-corrected chi connectivity index (χ2v) is 5.34. The molecule has 1 aliphatic rings. The molecule has 1 aromatic carbocycles. The largest absolute Gasteiger partial charge is 0.496 e. The van der Waals surface area contributed by atoms with Crippen LogP contribution in [0.1, 0.15) is 36.0 Å². The lowest BCUT2D eigenvalue weighted by Gasteiger charge is -2.23. The van der Waals surface area contributed by atoms with E-state index in [0.29, 0.717) is 13.0 Å². The molecule has 4 nitrogen and oxygen atoms in total. The minimum absolute atomic E-state index is 0.0754. The molecule has 0 saturated carbocycles. The summed E-state index contributed by atoms with van der Waals surface area (Å²) in [5.41, 5.74) is 3.09. The topological polar surface area (TPSA) is 46.6 Å². The monoisotopic (exact) mass is 287 g/mol. The molecule has 1 aromatic rings. The van der Waals surface area contributed by atoms with Crippen molar-refractivity contribution in [3.8, 4) is 5.75 Å². The first kappa shape index (κ1) is 15.3. The summed E-state index contributed by atoms with van der Waals surface area (Å²) in [6, 6.07) is 3.89. The smallest absolute Gasteiger partial charge is 0.253 e. The zero-order chi connectivity index (χ0) is 15.4. The minimum atomic E-state index is -0.239. The normalized spacial score (nSPS) is 15.6. The molecule has 1 heterocycles. The molecule has 0 aliphatic carbocycles. The number of aryl methyl sites for hydroxylation is 1. The van der Waals surface area contributed by atoms with Crippen molar-refractivity contribution in [2.75, 3.05) is 13.7 Å². The zero-order valence-corrected chi connectivity index (χ0v) is 12.8. The van der Waals surface area contributed by atoms with E-state index in [0.717, 1.165) is 35.3 Å². The number of hydrogen-bond acceptors (Lipinski definition) is 3. The van der Waals surface area contributed by atoms with Crippen LogP contribution in [-0.2, 0) is 9.59 Å². The second-order valence-electron chi connectivity index (χ2n) is 5.34. The summed E-state index contributed by atoms with van der Waals surface area (Å²) >= 11 is 0. The van der Waals surface area contributed by atoms with Crippen molar-refractivity contribution in [2.24, 2.45) is 0 Å². The Kier molecular flexibility index (Phi) is 4.78. The quantitative estimate of drug-likeness (QED) is 0.803. The molecule has 1 aliphatic heterocycles. The lowest BCUT2D eigenvalue weighted by atomic mass is 10.0. The molecule has 112 valence electrons. The molecule has 0 N–H and O–H groups in total. The number of hydrogen-bond donors (Lipinski definition) is 0. The predicted octanol–water partition coefficient (Wildman–Crippen LogP) is 2.86. The number of piperidine rings is 1. The van der Waals surface area contributed by atoms with E-state index < -0.39 is 0 Å². The summed E-state index contributed by atoms with van der Waals surface area (Å²) in [5, 5.41) is 0. The summed E-state index contributed by atoms with van der Waals surface area (Å²) in [5.74, 6) is 0.488. The van der Waals surface area contributed by atoms with Gasteiger partial charge in [-0.2, -0.15) is 0 Å². The molecule has 4 heteroatoms. The molecule has 0 unspecified atom stereocenters. The van der Waals surface area contributed by atoms with Gasteiger partial charge in [-0.3, -0.25) is 14.5 Å². The molecule has 0 aromatic heterocycles. The van der Waals surface area contributed by atoms with Crippen LogP contribution in [0.2, 0.25) is 0 Å². The molecule has 1 fully saturated rings. The molecule has 0 spiro atoms. The lowest BCUT2D eigenvalue weighted by molar-refractivity contribution is -0.143. The summed E-state index contributed by atoms with van der Waals surface area (Å²) in [6.45, 7) is 4.53. The van der Waals surface area contributed by atoms with Gasteiger partial charge in [0.1, 0.15) is 5.75 Å². The van der Waals surface area contributed by atoms with E-state index in [1.54, 1.807) is 13.2 Å². The summed E-state index contributed by atoms with van der Waals surface area (Å²) in [6.07, 6.45) is 5.44. The molecule has 2 rings (SSSR count). The number of likely N-dealkylation sites (tertiary alicyclic amines) is 1. The van der Waals surface area contributed by atoms with Crippen LogP contribution < -0.4 is 4.74 Å². The third-order valence-corrected chi connectivity index (χ3v) is 3.87. The number of carbonyl (C=O) groups is 2. The van der Waals surface area contributed by atoms with E-state index in [-0.39, 0.29) is 11.8 Å². The lowest BCUT2D eigenvalue weighted by Crippen LogP contribution is -2.39. The van der Waals surface area contributed by atoms with Gasteiger partial charge in [-0.1, -0.05) is 6.07 Å². The maximum absolute atomic E-state index is 12.1. The summed E-state index contributed by atoms with van der Waals surface area (Å²) < 4.78 is 5.32. The Morgan fingerprint density at radius 2 is 2.05 bits per heavy atom. The van der Waals surface area contributed by atoms with Gasteiger partial charge in [0.2, 0.25) is 5.91 Å². The van der Waals surface area contributed by atoms with Gasteiger partial charge in [-0.05, 0) is 55.5 Å². The molecule has 0 atom stereocenters. The Morgan fingerprint density at radius 3 is 2.71 bits per heavy atom. The van der Waals surface area contributed by atoms with Gasteiger partial charge >= 0.3 is 0 Å². The van der Waals surface area contributed by atoms with Crippen LogP contribution in [-0.4, -0.2) is 30.4 Å². The van der Waals surface area contributed by atoms with Crippen molar-refractivity contribution in [3.05, 3.63) is 34.9 Å². The third kappa shape index (κ3) is 3.51. The van der Waals surface area contributed by atoms with E-state index >= 15 is 0 Å². The van der Waals surface area contributed by atoms with E-state index in [2.05, 4.69) is 0 Å². The average Bonchev–Trinajstić information content (AvgIpc) is 2.48. The molecule has 21 heavy (non-hydrogen) atoms. The highest BCUT2D eigenvalue weighted by atomic mass is 16.5. The molecule has 1 saturated heterocycles. The number of ether oxygens (including phenoxy) is 1. The maximum Gasteiger partial charge on any atom is 0.253 e. The summed E-state index contributed by atoms with van der Waals surface area (Å²) in [7, 11) is 1.63. The van der Waals surface area contributed by atoms with Crippen LogP contribution in [0.25, 0.3) is 6.08 Å². The standard InChI is InChI=1S/C17H21NO3/c1-12-10-14(11-15(21-3)13(12)2)7-8-17(20)18-9-5-4-6-16(18)19/h7-8,10-11H,4-6,9H2,1-3H3/b8-7+. The highest BCUT2D eigenvalue weighted by Gasteiger charge is 2.22. The van der Waals surface area contributed by atoms with Gasteiger partial charge in [0, 0.05) is 19.0 Å². The van der Waals surface area contributed by atoms with Gasteiger partial charge in [0.25, 0.3) is 5.91 Å². The molecular formula is C17H21NO3. The van der Waals surface area contributed by atoms with Crippen LogP contribution in [0.3, 0.4) is 0 Å². The van der Waals surface area contributed by atoms with Crippen molar-refractivity contribution in [2.45, 2.75) is 33.1 Å². The first-order chi connectivity index (χ1) is 10.0. The fourth-order valence-electron chi connectivity index (χ4n) is 2.46. The van der Waals surface area contributed by atoms with Crippen molar-refractivity contribution in [1.29, 1.82) is 0 Å². The van der Waals surface area contributed by atoms with Crippen molar-refractivity contribution in [3.63, 3.8) is 0 Å². The van der Waals surface area contributed by atoms with Crippen LogP contribution in [0.15, 0.2) is 18.2 Å². The first-order valence-corrected chi connectivity index (χ1v) is 7.20. The number of benzene rings is 1. The molecular weight excluding hydrogens is 266 g/mol. The van der Waals surface area contributed by atoms with Crippen molar-refractivity contribution in [1.82, 2.24) is 4.90 Å². The van der Waals surface area contributed by atoms with Gasteiger partial charge in [0.15, 0.2) is 0 Å². The molecule has 0 bridgehead atoms. The Hall–Kier alpha value is -2.10. The van der Waals surface area contributed by atoms with Crippen LogP contribution >= 0.6 is 0 Å². The highest BCUT2D eigenvalue weighted by molar-refractivity contribution is 6.03. The highest BCUT2D eigenvalue weighted by Crippen LogP contribution is 2.24. The number of nitrogens with zero attached hydrogens (tertiary/aromatic N) is 1. The number of imide groups is 1. The fourth-order valence-corrected chi connectivity index (χ4v) is 2.46. The summed E-state index contributed by atoms with van der Waals surface area (Å²) in [4.78, 5) is 25.1. The zero-order valence-electron chi connectivity index (χ0n) is 12.8. The second kappa shape index (κ2) is 6.57. The first-order valence-electron chi connectivity index (χ1n) is 7.20. The van der Waals surface area contributed by atoms with Gasteiger partial charge in [-0.15, -0.1) is 0 Å². The van der Waals surface area contributed by atoms with E-state index in [9.17, 15) is 9.59 Å². The van der Waals surface area contributed by atoms with E-state index in [1.807, 2.05) is 26.0 Å². The van der Waals surface area contributed by atoms with E-state index in [1.165, 1.54) is 11.0 Å². The minimum Gasteiger partial charge on any atom is -0.496 e. The predicted molar refractivity (Wildman–Crippen MR) is 82.1 cm³/mol. The third-order valence-electron chi connectivity index (χ3n) is 3.87. The Labute approximate surface area is 125 Å². The van der Waals surface area contributed by atoms with Crippen LogP contribution in [0, 0.1) is 13.8 Å². The number of methoxy groups -OCH3 is 1. The molecule has 2 amide bonds. The number of carbonyl (C=O) groups excluding carboxylic acids is 2. The average molecular weight is 287 g/mol. The van der Waals surface area contributed by atoms with Gasteiger partial charge in [-0.25, -0.2) is 0 Å². The Balaban J connectivity index is 2.15. The SMILES string of the molecule is COc1cc(/C=C/C(=O)N2CCCCC2=O)cc(C)c1C. The van der Waals surface area contributed by atoms with Gasteiger partial charge < -0.3 is 4.74 Å². The van der Waals surface area contributed by atoms with Gasteiger partial charge in [0.05, 0.1) is 7.11 Å². The fraction of sp³-hybridized carbons (Fsp3) is 0.412. The van der Waals surface area contributed by atoms with E-state index in [4.69, 9.17) is 4.74 Å². The number of amides is 2. The van der Waals surface area contributed by atoms with Crippen LogP contribution in [0.5, 0.6) is 5.75 Å². The Bertz CT molecular complexity index is 590. The molecule has 0 radical (unpaired) electrons. The van der Waals surface area contributed by atoms with Crippen molar-refractivity contribution < 1.29 is 14.3 Å². The van der Waals surface area contributed by atoms with Crippen molar-refractivity contribution >= 4 is 17.9 Å². The van der Waals surface area contributed by atoms with Crippen LogP contribution in [0.4, 0.5) is 0 Å². The Morgan fingerprint density at radius 1 is 1.29 bits per heavy atom. The maximum atomic E-state index is 12.1.